The molecular weight excluding hydrogens is 150 g/mol. The first-order chi connectivity index (χ1) is 5.54. The molecule has 0 aromatic rings. The predicted octanol–water partition coefficient (Wildman–Crippen LogP) is 2.50. The lowest BCUT2D eigenvalue weighted by molar-refractivity contribution is -0.0297. The van der Waals surface area contributed by atoms with Crippen molar-refractivity contribution in [3.05, 3.63) is 0 Å². The van der Waals surface area contributed by atoms with Crippen molar-refractivity contribution in [3.8, 4) is 6.07 Å². The molecule has 1 atom stereocenters. The van der Waals surface area contributed by atoms with E-state index in [1.165, 1.54) is 6.42 Å². The van der Waals surface area contributed by atoms with Crippen LogP contribution in [0.5, 0.6) is 0 Å². The van der Waals surface area contributed by atoms with Gasteiger partial charge in [0.05, 0.1) is 6.07 Å². The van der Waals surface area contributed by atoms with Gasteiger partial charge in [0.2, 0.25) is 0 Å². The van der Waals surface area contributed by atoms with Crippen molar-refractivity contribution in [2.24, 2.45) is 5.41 Å². The van der Waals surface area contributed by atoms with Crippen LogP contribution in [0.15, 0.2) is 0 Å². The molecule has 1 fully saturated rings. The van der Waals surface area contributed by atoms with Gasteiger partial charge < -0.3 is 4.74 Å². The monoisotopic (exact) mass is 167 g/mol. The maximum atomic E-state index is 9.00. The molecule has 1 aliphatic rings. The highest BCUT2D eigenvalue weighted by Crippen LogP contribution is 2.42. The highest BCUT2D eigenvalue weighted by Gasteiger charge is 2.40. The SMILES string of the molecule is COC1(C#N)CCCC(C)(C)C1. The summed E-state index contributed by atoms with van der Waals surface area (Å²) in [5.41, 5.74) is -0.230. The Hall–Kier alpha value is -0.550. The Morgan fingerprint density at radius 3 is 2.33 bits per heavy atom. The van der Waals surface area contributed by atoms with Gasteiger partial charge in [-0.05, 0) is 31.1 Å². The number of ether oxygens (including phenoxy) is 1. The van der Waals surface area contributed by atoms with E-state index in [1.54, 1.807) is 7.11 Å². The van der Waals surface area contributed by atoms with Gasteiger partial charge in [0.25, 0.3) is 0 Å². The Bertz CT molecular complexity index is 204. The van der Waals surface area contributed by atoms with E-state index in [4.69, 9.17) is 10.00 Å². The van der Waals surface area contributed by atoms with Gasteiger partial charge in [-0.3, -0.25) is 0 Å². The first kappa shape index (κ1) is 9.54. The number of methoxy groups -OCH3 is 1. The third kappa shape index (κ3) is 1.78. The summed E-state index contributed by atoms with van der Waals surface area (Å²) >= 11 is 0. The topological polar surface area (TPSA) is 33.0 Å². The van der Waals surface area contributed by atoms with Crippen molar-refractivity contribution in [2.45, 2.75) is 45.1 Å². The van der Waals surface area contributed by atoms with Gasteiger partial charge in [0.1, 0.15) is 0 Å². The molecule has 2 nitrogen and oxygen atoms in total. The van der Waals surface area contributed by atoms with E-state index < -0.39 is 5.60 Å². The molecule has 2 heteroatoms. The highest BCUT2D eigenvalue weighted by molar-refractivity contribution is 5.06. The van der Waals surface area contributed by atoms with E-state index in [0.717, 1.165) is 19.3 Å². The summed E-state index contributed by atoms with van der Waals surface area (Å²) < 4.78 is 5.30. The van der Waals surface area contributed by atoms with Crippen molar-refractivity contribution >= 4 is 0 Å². The average Bonchev–Trinajstić information content (AvgIpc) is 2.02. The molecule has 12 heavy (non-hydrogen) atoms. The standard InChI is InChI=1S/C10H17NO/c1-9(2)5-4-6-10(7-9,8-11)12-3/h4-7H2,1-3H3. The van der Waals surface area contributed by atoms with E-state index in [-0.39, 0.29) is 5.41 Å². The molecule has 0 aromatic carbocycles. The zero-order valence-corrected chi connectivity index (χ0v) is 8.18. The third-order valence-electron chi connectivity index (χ3n) is 2.79. The van der Waals surface area contributed by atoms with Crippen molar-refractivity contribution in [1.82, 2.24) is 0 Å². The van der Waals surface area contributed by atoms with E-state index in [9.17, 15) is 0 Å². The van der Waals surface area contributed by atoms with Crippen molar-refractivity contribution in [2.75, 3.05) is 7.11 Å². The van der Waals surface area contributed by atoms with E-state index in [0.29, 0.717) is 0 Å². The van der Waals surface area contributed by atoms with Crippen molar-refractivity contribution in [3.63, 3.8) is 0 Å². The first-order valence-corrected chi connectivity index (χ1v) is 4.50. The van der Waals surface area contributed by atoms with Crippen LogP contribution in [0.2, 0.25) is 0 Å². The molecule has 0 saturated heterocycles. The second kappa shape index (κ2) is 3.06. The molecular formula is C10H17NO. The van der Waals surface area contributed by atoms with Crippen LogP contribution in [-0.4, -0.2) is 12.7 Å². The summed E-state index contributed by atoms with van der Waals surface area (Å²) in [6.45, 7) is 4.41. The molecule has 0 aliphatic heterocycles. The fraction of sp³-hybridized carbons (Fsp3) is 0.900. The minimum absolute atomic E-state index is 0.268. The second-order valence-electron chi connectivity index (χ2n) is 4.50. The Labute approximate surface area is 74.5 Å². The molecule has 0 N–H and O–H groups in total. The van der Waals surface area contributed by atoms with Crippen molar-refractivity contribution in [1.29, 1.82) is 5.26 Å². The molecule has 1 unspecified atom stereocenters. The number of rotatable bonds is 1. The molecule has 0 aromatic heterocycles. The smallest absolute Gasteiger partial charge is 0.154 e. The average molecular weight is 167 g/mol. The molecule has 1 aliphatic carbocycles. The minimum Gasteiger partial charge on any atom is -0.363 e. The summed E-state index contributed by atoms with van der Waals surface area (Å²) in [5.74, 6) is 0. The quantitative estimate of drug-likeness (QED) is 0.601. The normalized spacial score (nSPS) is 34.2. The first-order valence-electron chi connectivity index (χ1n) is 4.50. The Kier molecular flexibility index (Phi) is 2.44. The number of hydrogen-bond acceptors (Lipinski definition) is 2. The lowest BCUT2D eigenvalue weighted by Crippen LogP contribution is -2.39. The van der Waals surface area contributed by atoms with Crippen LogP contribution in [0, 0.1) is 16.7 Å². The number of hydrogen-bond donors (Lipinski definition) is 0. The number of nitriles is 1. The minimum atomic E-state index is -0.498. The molecule has 1 saturated carbocycles. The molecule has 68 valence electrons. The van der Waals surface area contributed by atoms with E-state index in [2.05, 4.69) is 19.9 Å². The molecule has 0 spiro atoms. The second-order valence-corrected chi connectivity index (χ2v) is 4.50. The molecule has 0 bridgehead atoms. The van der Waals surface area contributed by atoms with Gasteiger partial charge in [-0.25, -0.2) is 0 Å². The Morgan fingerprint density at radius 1 is 1.33 bits per heavy atom. The van der Waals surface area contributed by atoms with Gasteiger partial charge in [-0.15, -0.1) is 0 Å². The molecule has 1 rings (SSSR count). The van der Waals surface area contributed by atoms with Gasteiger partial charge in [-0.2, -0.15) is 5.26 Å². The summed E-state index contributed by atoms with van der Waals surface area (Å²) in [4.78, 5) is 0. The van der Waals surface area contributed by atoms with Crippen LogP contribution in [0.3, 0.4) is 0 Å². The highest BCUT2D eigenvalue weighted by atomic mass is 16.5. The fourth-order valence-electron chi connectivity index (χ4n) is 2.12. The zero-order valence-electron chi connectivity index (χ0n) is 8.18. The maximum absolute atomic E-state index is 9.00. The summed E-state index contributed by atoms with van der Waals surface area (Å²) in [5, 5.41) is 9.00. The van der Waals surface area contributed by atoms with Gasteiger partial charge in [-0.1, -0.05) is 13.8 Å². The largest absolute Gasteiger partial charge is 0.363 e. The van der Waals surface area contributed by atoms with Crippen molar-refractivity contribution < 1.29 is 4.74 Å². The zero-order chi connectivity index (χ0) is 9.24. The van der Waals surface area contributed by atoms with Gasteiger partial charge in [0.15, 0.2) is 5.60 Å². The van der Waals surface area contributed by atoms with E-state index >= 15 is 0 Å². The lowest BCUT2D eigenvalue weighted by atomic mass is 9.70. The summed E-state index contributed by atoms with van der Waals surface area (Å²) in [7, 11) is 1.64. The fourth-order valence-corrected chi connectivity index (χ4v) is 2.12. The van der Waals surface area contributed by atoms with Gasteiger partial charge in [0, 0.05) is 7.11 Å². The summed E-state index contributed by atoms with van der Waals surface area (Å²) in [6.07, 6.45) is 4.07. The predicted molar refractivity (Wildman–Crippen MR) is 47.6 cm³/mol. The van der Waals surface area contributed by atoms with E-state index in [1.807, 2.05) is 0 Å². The van der Waals surface area contributed by atoms with Crippen LogP contribution in [0.25, 0.3) is 0 Å². The van der Waals surface area contributed by atoms with Crippen LogP contribution in [0.4, 0.5) is 0 Å². The third-order valence-corrected chi connectivity index (χ3v) is 2.79. The molecule has 0 heterocycles. The summed E-state index contributed by atoms with van der Waals surface area (Å²) in [6, 6.07) is 2.30. The number of nitrogens with zero attached hydrogens (tertiary/aromatic N) is 1. The Balaban J connectivity index is 2.74. The molecule has 0 amide bonds. The molecule has 0 radical (unpaired) electrons. The maximum Gasteiger partial charge on any atom is 0.154 e. The Morgan fingerprint density at radius 2 is 2.00 bits per heavy atom. The lowest BCUT2D eigenvalue weighted by Gasteiger charge is -2.39. The van der Waals surface area contributed by atoms with Gasteiger partial charge >= 0.3 is 0 Å². The van der Waals surface area contributed by atoms with Crippen LogP contribution < -0.4 is 0 Å². The van der Waals surface area contributed by atoms with Crippen LogP contribution >= 0.6 is 0 Å². The van der Waals surface area contributed by atoms with Crippen LogP contribution in [0.1, 0.15) is 39.5 Å². The van der Waals surface area contributed by atoms with Crippen LogP contribution in [-0.2, 0) is 4.74 Å².